The van der Waals surface area contributed by atoms with Crippen LogP contribution >= 0.6 is 23.2 Å². The molecule has 0 bridgehead atoms. The highest BCUT2D eigenvalue weighted by molar-refractivity contribution is 6.33. The fourth-order valence-corrected chi connectivity index (χ4v) is 1.97. The molecule has 2 N–H and O–H groups in total. The molecule has 0 atom stereocenters. The lowest BCUT2D eigenvalue weighted by molar-refractivity contribution is -0.147. The molecule has 0 radical (unpaired) electrons. The number of carbonyl (C=O) groups excluding carboxylic acids is 1. The van der Waals surface area contributed by atoms with Gasteiger partial charge in [-0.3, -0.25) is 0 Å². The minimum atomic E-state index is -0.519. The summed E-state index contributed by atoms with van der Waals surface area (Å²) in [6, 6.07) is 11.9. The van der Waals surface area contributed by atoms with Crippen LogP contribution in [-0.4, -0.2) is 12.6 Å². The molecule has 0 saturated carbocycles. The number of rotatable bonds is 5. The smallest absolute Gasteiger partial charge is 0.344 e. The van der Waals surface area contributed by atoms with Crippen LogP contribution in [0.4, 0.5) is 5.69 Å². The van der Waals surface area contributed by atoms with Gasteiger partial charge < -0.3 is 15.2 Å². The van der Waals surface area contributed by atoms with Gasteiger partial charge in [-0.2, -0.15) is 0 Å². The summed E-state index contributed by atoms with van der Waals surface area (Å²) in [4.78, 5) is 11.6. The van der Waals surface area contributed by atoms with Gasteiger partial charge in [0.1, 0.15) is 12.4 Å². The van der Waals surface area contributed by atoms with Crippen molar-refractivity contribution >= 4 is 34.9 Å². The normalized spacial score (nSPS) is 10.2. The van der Waals surface area contributed by atoms with Crippen molar-refractivity contribution in [2.75, 3.05) is 12.3 Å². The molecule has 0 heterocycles. The number of nitrogen functional groups attached to an aromatic ring is 1. The number of halogens is 2. The van der Waals surface area contributed by atoms with Crippen molar-refractivity contribution in [1.29, 1.82) is 0 Å². The number of para-hydroxylation sites is 2. The fraction of sp³-hybridized carbons (Fsp3) is 0.133. The average Bonchev–Trinajstić information content (AvgIpc) is 2.47. The van der Waals surface area contributed by atoms with E-state index < -0.39 is 5.97 Å². The maximum Gasteiger partial charge on any atom is 0.344 e. The molecule has 6 heteroatoms. The summed E-state index contributed by atoms with van der Waals surface area (Å²) in [6.07, 6.45) is 0. The second-order valence-electron chi connectivity index (χ2n) is 4.22. The number of hydrogen-bond donors (Lipinski definition) is 1. The van der Waals surface area contributed by atoms with E-state index in [0.717, 1.165) is 0 Å². The number of hydrogen-bond acceptors (Lipinski definition) is 4. The van der Waals surface area contributed by atoms with E-state index in [-0.39, 0.29) is 13.2 Å². The van der Waals surface area contributed by atoms with Crippen LogP contribution in [0.1, 0.15) is 5.56 Å². The zero-order valence-corrected chi connectivity index (χ0v) is 12.5. The van der Waals surface area contributed by atoms with E-state index in [9.17, 15) is 4.79 Å². The van der Waals surface area contributed by atoms with Gasteiger partial charge in [0.25, 0.3) is 0 Å². The van der Waals surface area contributed by atoms with Crippen LogP contribution in [0.2, 0.25) is 10.0 Å². The third kappa shape index (κ3) is 4.55. The lowest BCUT2D eigenvalue weighted by Crippen LogP contribution is -2.15. The second kappa shape index (κ2) is 7.20. The van der Waals surface area contributed by atoms with Crippen LogP contribution in [0.3, 0.4) is 0 Å². The van der Waals surface area contributed by atoms with E-state index in [1.54, 1.807) is 42.5 Å². The highest BCUT2D eigenvalue weighted by atomic mass is 35.5. The van der Waals surface area contributed by atoms with Crippen LogP contribution in [0, 0.1) is 0 Å². The summed E-state index contributed by atoms with van der Waals surface area (Å²) in [7, 11) is 0. The van der Waals surface area contributed by atoms with Crippen molar-refractivity contribution in [2.24, 2.45) is 0 Å². The predicted octanol–water partition coefficient (Wildman–Crippen LogP) is 3.70. The Balaban J connectivity index is 1.85. The zero-order valence-electron chi connectivity index (χ0n) is 11.0. The standard InChI is InChI=1S/C15H13Cl2NO3/c16-11-5-6-12(17)10(7-11)8-21-15(19)9-20-14-4-2-1-3-13(14)18/h1-7H,8-9,18H2. The van der Waals surface area contributed by atoms with E-state index in [2.05, 4.69) is 0 Å². The molecular formula is C15H13Cl2NO3. The van der Waals surface area contributed by atoms with Crippen molar-refractivity contribution < 1.29 is 14.3 Å². The highest BCUT2D eigenvalue weighted by Crippen LogP contribution is 2.22. The molecule has 0 saturated heterocycles. The first-order valence-electron chi connectivity index (χ1n) is 6.13. The topological polar surface area (TPSA) is 61.5 Å². The van der Waals surface area contributed by atoms with Gasteiger partial charge in [0.05, 0.1) is 5.69 Å². The Morgan fingerprint density at radius 3 is 2.67 bits per heavy atom. The van der Waals surface area contributed by atoms with Crippen LogP contribution in [0.25, 0.3) is 0 Å². The number of esters is 1. The zero-order chi connectivity index (χ0) is 15.2. The molecule has 0 fully saturated rings. The number of benzene rings is 2. The quantitative estimate of drug-likeness (QED) is 0.672. The molecule has 0 spiro atoms. The molecular weight excluding hydrogens is 313 g/mol. The molecule has 0 unspecified atom stereocenters. The third-order valence-corrected chi connectivity index (χ3v) is 3.26. The van der Waals surface area contributed by atoms with Gasteiger partial charge in [-0.15, -0.1) is 0 Å². The van der Waals surface area contributed by atoms with E-state index in [0.29, 0.717) is 27.0 Å². The summed E-state index contributed by atoms with van der Waals surface area (Å²) < 4.78 is 10.4. The van der Waals surface area contributed by atoms with E-state index in [1.807, 2.05) is 0 Å². The molecule has 0 aliphatic rings. The SMILES string of the molecule is Nc1ccccc1OCC(=O)OCc1cc(Cl)ccc1Cl. The van der Waals surface area contributed by atoms with Crippen molar-refractivity contribution in [2.45, 2.75) is 6.61 Å². The van der Waals surface area contributed by atoms with Gasteiger partial charge in [-0.25, -0.2) is 4.79 Å². The van der Waals surface area contributed by atoms with Crippen LogP contribution in [0.5, 0.6) is 5.75 Å². The van der Waals surface area contributed by atoms with Gasteiger partial charge >= 0.3 is 5.97 Å². The van der Waals surface area contributed by atoms with Gasteiger partial charge in [-0.1, -0.05) is 35.3 Å². The van der Waals surface area contributed by atoms with Crippen molar-refractivity contribution in [3.8, 4) is 5.75 Å². The highest BCUT2D eigenvalue weighted by Gasteiger charge is 2.08. The summed E-state index contributed by atoms with van der Waals surface area (Å²) in [5.74, 6) is -0.0791. The van der Waals surface area contributed by atoms with Crippen LogP contribution in [0.15, 0.2) is 42.5 Å². The molecule has 0 aliphatic heterocycles. The average molecular weight is 326 g/mol. The molecule has 2 aromatic carbocycles. The Hall–Kier alpha value is -1.91. The van der Waals surface area contributed by atoms with Gasteiger partial charge in [-0.05, 0) is 30.3 Å². The maximum absolute atomic E-state index is 11.6. The summed E-state index contributed by atoms with van der Waals surface area (Å²) in [5.41, 5.74) is 6.80. The van der Waals surface area contributed by atoms with Crippen LogP contribution in [-0.2, 0) is 16.1 Å². The van der Waals surface area contributed by atoms with E-state index in [4.69, 9.17) is 38.4 Å². The van der Waals surface area contributed by atoms with Crippen molar-refractivity contribution in [3.05, 3.63) is 58.1 Å². The maximum atomic E-state index is 11.6. The fourth-order valence-electron chi connectivity index (χ4n) is 1.60. The minimum Gasteiger partial charge on any atom is -0.480 e. The predicted molar refractivity (Wildman–Crippen MR) is 82.6 cm³/mol. The Labute approximate surface area is 132 Å². The second-order valence-corrected chi connectivity index (χ2v) is 5.07. The summed E-state index contributed by atoms with van der Waals surface area (Å²) in [5, 5.41) is 1.01. The largest absolute Gasteiger partial charge is 0.480 e. The van der Waals surface area contributed by atoms with Gasteiger partial charge in [0.15, 0.2) is 6.61 Å². The Kier molecular flexibility index (Phi) is 5.31. The monoisotopic (exact) mass is 325 g/mol. The van der Waals surface area contributed by atoms with E-state index in [1.165, 1.54) is 0 Å². The first-order chi connectivity index (χ1) is 10.1. The Morgan fingerprint density at radius 2 is 1.90 bits per heavy atom. The number of nitrogens with two attached hydrogens (primary N) is 1. The van der Waals surface area contributed by atoms with Crippen molar-refractivity contribution in [1.82, 2.24) is 0 Å². The first-order valence-corrected chi connectivity index (χ1v) is 6.88. The number of carbonyl (C=O) groups is 1. The summed E-state index contributed by atoms with van der Waals surface area (Å²) in [6.45, 7) is -0.196. The Morgan fingerprint density at radius 1 is 1.14 bits per heavy atom. The molecule has 2 rings (SSSR count). The molecule has 0 aromatic heterocycles. The first kappa shape index (κ1) is 15.5. The minimum absolute atomic E-state index is 0.0336. The molecule has 21 heavy (non-hydrogen) atoms. The number of ether oxygens (including phenoxy) is 2. The summed E-state index contributed by atoms with van der Waals surface area (Å²) >= 11 is 11.8. The molecule has 0 amide bonds. The van der Waals surface area contributed by atoms with E-state index >= 15 is 0 Å². The van der Waals surface area contributed by atoms with Crippen LogP contribution < -0.4 is 10.5 Å². The van der Waals surface area contributed by atoms with Gasteiger partial charge in [0.2, 0.25) is 0 Å². The molecule has 110 valence electrons. The lowest BCUT2D eigenvalue weighted by atomic mass is 10.2. The lowest BCUT2D eigenvalue weighted by Gasteiger charge is -2.09. The molecule has 2 aromatic rings. The van der Waals surface area contributed by atoms with Gasteiger partial charge in [0, 0.05) is 15.6 Å². The number of anilines is 1. The third-order valence-electron chi connectivity index (χ3n) is 2.66. The Bertz CT molecular complexity index is 647. The van der Waals surface area contributed by atoms with Crippen molar-refractivity contribution in [3.63, 3.8) is 0 Å². The molecule has 0 aliphatic carbocycles. The molecule has 4 nitrogen and oxygen atoms in total.